The summed E-state index contributed by atoms with van der Waals surface area (Å²) in [5.74, 6) is 1.07. The summed E-state index contributed by atoms with van der Waals surface area (Å²) in [7, 11) is 1.57. The fourth-order valence-electron chi connectivity index (χ4n) is 2.51. The van der Waals surface area contributed by atoms with E-state index in [2.05, 4.69) is 10.1 Å². The van der Waals surface area contributed by atoms with Crippen LogP contribution in [-0.4, -0.2) is 47.8 Å². The standard InChI is InChI=1S/C15H16ClN3O4/c1-21-12-3-2-11(16)6-10(12)7-14(20)19-4-5-22-13(8-19)15-17-9-23-18-15/h2-3,6,9,13H,4-5,7-8H2,1H3/t13-/m1/s1. The van der Waals surface area contributed by atoms with Crippen LogP contribution in [0.25, 0.3) is 0 Å². The van der Waals surface area contributed by atoms with Gasteiger partial charge in [-0.05, 0) is 18.2 Å². The minimum Gasteiger partial charge on any atom is -0.496 e. The minimum atomic E-state index is -0.368. The summed E-state index contributed by atoms with van der Waals surface area (Å²) in [6.07, 6.45) is 1.09. The number of nitrogens with zero attached hydrogens (tertiary/aromatic N) is 3. The zero-order chi connectivity index (χ0) is 16.2. The summed E-state index contributed by atoms with van der Waals surface area (Å²) in [6, 6.07) is 5.23. The van der Waals surface area contributed by atoms with Gasteiger partial charge in [0.1, 0.15) is 11.9 Å². The second-order valence-electron chi connectivity index (χ2n) is 5.12. The number of halogens is 1. The van der Waals surface area contributed by atoms with Crippen LogP contribution in [-0.2, 0) is 16.0 Å². The van der Waals surface area contributed by atoms with Gasteiger partial charge < -0.3 is 18.9 Å². The molecule has 1 fully saturated rings. The second kappa shape index (κ2) is 6.97. The first-order valence-electron chi connectivity index (χ1n) is 7.15. The number of hydrogen-bond donors (Lipinski definition) is 0. The van der Waals surface area contributed by atoms with Crippen LogP contribution in [0.3, 0.4) is 0 Å². The van der Waals surface area contributed by atoms with Crippen LogP contribution in [0.2, 0.25) is 5.02 Å². The Labute approximate surface area is 138 Å². The normalized spacial score (nSPS) is 18.0. The van der Waals surface area contributed by atoms with Gasteiger partial charge in [-0.25, -0.2) is 0 Å². The Balaban J connectivity index is 1.69. The third kappa shape index (κ3) is 3.62. The third-order valence-corrected chi connectivity index (χ3v) is 3.90. The molecule has 23 heavy (non-hydrogen) atoms. The highest BCUT2D eigenvalue weighted by Crippen LogP contribution is 2.25. The van der Waals surface area contributed by atoms with Crippen LogP contribution in [0.4, 0.5) is 0 Å². The first-order chi connectivity index (χ1) is 11.2. The molecule has 0 spiro atoms. The van der Waals surface area contributed by atoms with Crippen LogP contribution in [0.15, 0.2) is 29.1 Å². The fourth-order valence-corrected chi connectivity index (χ4v) is 2.71. The molecule has 0 radical (unpaired) electrons. The lowest BCUT2D eigenvalue weighted by atomic mass is 10.1. The van der Waals surface area contributed by atoms with Gasteiger partial charge in [-0.1, -0.05) is 16.8 Å². The topological polar surface area (TPSA) is 77.7 Å². The van der Waals surface area contributed by atoms with Crippen molar-refractivity contribution in [2.45, 2.75) is 12.5 Å². The zero-order valence-corrected chi connectivity index (χ0v) is 13.3. The first-order valence-corrected chi connectivity index (χ1v) is 7.53. The van der Waals surface area contributed by atoms with Gasteiger partial charge in [0, 0.05) is 17.1 Å². The Bertz CT molecular complexity index is 677. The summed E-state index contributed by atoms with van der Waals surface area (Å²) < 4.78 is 15.6. The Morgan fingerprint density at radius 3 is 3.13 bits per heavy atom. The maximum Gasteiger partial charge on any atom is 0.227 e. The van der Waals surface area contributed by atoms with E-state index >= 15 is 0 Å². The molecule has 1 amide bonds. The number of carbonyl (C=O) groups is 1. The number of methoxy groups -OCH3 is 1. The maximum absolute atomic E-state index is 12.6. The Morgan fingerprint density at radius 1 is 1.52 bits per heavy atom. The lowest BCUT2D eigenvalue weighted by molar-refractivity contribution is -0.138. The molecule has 1 atom stereocenters. The molecular weight excluding hydrogens is 322 g/mol. The van der Waals surface area contributed by atoms with Crippen molar-refractivity contribution in [3.8, 4) is 5.75 Å². The number of benzene rings is 1. The molecule has 2 heterocycles. The Morgan fingerprint density at radius 2 is 2.39 bits per heavy atom. The van der Waals surface area contributed by atoms with Crippen molar-refractivity contribution in [2.75, 3.05) is 26.8 Å². The smallest absolute Gasteiger partial charge is 0.227 e. The number of amides is 1. The highest BCUT2D eigenvalue weighted by Gasteiger charge is 2.28. The van der Waals surface area contributed by atoms with Crippen molar-refractivity contribution in [1.82, 2.24) is 15.0 Å². The number of carbonyl (C=O) groups excluding carboxylic acids is 1. The van der Waals surface area contributed by atoms with Crippen molar-refractivity contribution in [1.29, 1.82) is 0 Å². The van der Waals surface area contributed by atoms with Crippen molar-refractivity contribution in [2.24, 2.45) is 0 Å². The molecular formula is C15H16ClN3O4. The molecule has 3 rings (SSSR count). The predicted octanol–water partition coefficient (Wildman–Crippen LogP) is 1.87. The summed E-state index contributed by atoms with van der Waals surface area (Å²) >= 11 is 6.01. The summed E-state index contributed by atoms with van der Waals surface area (Å²) in [5.41, 5.74) is 0.757. The van der Waals surface area contributed by atoms with E-state index in [1.165, 1.54) is 6.39 Å². The van der Waals surface area contributed by atoms with E-state index in [1.807, 2.05) is 0 Å². The molecule has 1 aromatic heterocycles. The lowest BCUT2D eigenvalue weighted by Crippen LogP contribution is -2.43. The molecule has 8 heteroatoms. The van der Waals surface area contributed by atoms with E-state index in [0.29, 0.717) is 36.3 Å². The van der Waals surface area contributed by atoms with Gasteiger partial charge in [0.25, 0.3) is 0 Å². The first kappa shape index (κ1) is 15.8. The molecule has 2 aromatic rings. The van der Waals surface area contributed by atoms with Gasteiger partial charge in [-0.2, -0.15) is 4.98 Å². The van der Waals surface area contributed by atoms with Crippen molar-refractivity contribution in [3.05, 3.63) is 41.0 Å². The highest BCUT2D eigenvalue weighted by molar-refractivity contribution is 6.30. The fraction of sp³-hybridized carbons (Fsp3) is 0.400. The van der Waals surface area contributed by atoms with Gasteiger partial charge in [-0.3, -0.25) is 4.79 Å². The average Bonchev–Trinajstić information content (AvgIpc) is 3.10. The second-order valence-corrected chi connectivity index (χ2v) is 5.56. The molecule has 1 aliphatic rings. The monoisotopic (exact) mass is 337 g/mol. The van der Waals surface area contributed by atoms with E-state index < -0.39 is 0 Å². The molecule has 0 aliphatic carbocycles. The van der Waals surface area contributed by atoms with Crippen molar-refractivity contribution >= 4 is 17.5 Å². The van der Waals surface area contributed by atoms with Gasteiger partial charge >= 0.3 is 0 Å². The average molecular weight is 338 g/mol. The SMILES string of the molecule is COc1ccc(Cl)cc1CC(=O)N1CCO[C@@H](c2ncon2)C1. The van der Waals surface area contributed by atoms with Crippen molar-refractivity contribution in [3.63, 3.8) is 0 Å². The van der Waals surface area contributed by atoms with E-state index in [-0.39, 0.29) is 18.4 Å². The van der Waals surface area contributed by atoms with Gasteiger partial charge in [0.2, 0.25) is 18.1 Å². The molecule has 1 saturated heterocycles. The maximum atomic E-state index is 12.6. The molecule has 0 saturated carbocycles. The molecule has 1 aliphatic heterocycles. The highest BCUT2D eigenvalue weighted by atomic mass is 35.5. The van der Waals surface area contributed by atoms with Crippen LogP contribution in [0.5, 0.6) is 5.75 Å². The molecule has 7 nitrogen and oxygen atoms in total. The van der Waals surface area contributed by atoms with Crippen LogP contribution in [0.1, 0.15) is 17.5 Å². The largest absolute Gasteiger partial charge is 0.496 e. The predicted molar refractivity (Wildman–Crippen MR) is 81.3 cm³/mol. The lowest BCUT2D eigenvalue weighted by Gasteiger charge is -2.31. The number of ether oxygens (including phenoxy) is 2. The number of hydrogen-bond acceptors (Lipinski definition) is 6. The quantitative estimate of drug-likeness (QED) is 0.847. The number of morpholine rings is 1. The summed E-state index contributed by atoms with van der Waals surface area (Å²) in [6.45, 7) is 1.34. The summed E-state index contributed by atoms with van der Waals surface area (Å²) in [4.78, 5) is 18.3. The number of rotatable bonds is 4. The van der Waals surface area contributed by atoms with Crippen molar-refractivity contribution < 1.29 is 18.8 Å². The van der Waals surface area contributed by atoms with Gasteiger partial charge in [-0.15, -0.1) is 0 Å². The molecule has 0 bridgehead atoms. The molecule has 1 aromatic carbocycles. The van der Waals surface area contributed by atoms with Crippen LogP contribution >= 0.6 is 11.6 Å². The van der Waals surface area contributed by atoms with Crippen LogP contribution < -0.4 is 4.74 Å². The third-order valence-electron chi connectivity index (χ3n) is 3.67. The van der Waals surface area contributed by atoms with E-state index in [4.69, 9.17) is 25.6 Å². The zero-order valence-electron chi connectivity index (χ0n) is 12.6. The Hall–Kier alpha value is -2.12. The molecule has 0 N–H and O–H groups in total. The molecule has 122 valence electrons. The Kier molecular flexibility index (Phi) is 4.78. The van der Waals surface area contributed by atoms with Gasteiger partial charge in [0.05, 0.1) is 26.7 Å². The van der Waals surface area contributed by atoms with E-state index in [9.17, 15) is 4.79 Å². The summed E-state index contributed by atoms with van der Waals surface area (Å²) in [5, 5.41) is 4.34. The van der Waals surface area contributed by atoms with E-state index in [0.717, 1.165) is 5.56 Å². The minimum absolute atomic E-state index is 0.0256. The molecule has 0 unspecified atom stereocenters. The van der Waals surface area contributed by atoms with Crippen LogP contribution in [0, 0.1) is 0 Å². The number of aromatic nitrogens is 2. The van der Waals surface area contributed by atoms with E-state index in [1.54, 1.807) is 30.2 Å². The van der Waals surface area contributed by atoms with Gasteiger partial charge in [0.15, 0.2) is 0 Å².